The van der Waals surface area contributed by atoms with Crippen molar-refractivity contribution in [2.45, 2.75) is 105 Å². The molecule has 8 rings (SSSR count). The summed E-state index contributed by atoms with van der Waals surface area (Å²) in [6.07, 6.45) is 12.6. The van der Waals surface area contributed by atoms with E-state index in [9.17, 15) is 10.4 Å². The molecule has 0 bridgehead atoms. The maximum atomic E-state index is 9.73. The number of ether oxygens (including phenoxy) is 2. The Balaban J connectivity index is 0.000000162. The zero-order valence-electron chi connectivity index (χ0n) is 32.3. The molecule has 0 aromatic heterocycles. The number of aryl methyl sites for hydroxylation is 2. The molecular weight excluding hydrogens is 645 g/mol. The summed E-state index contributed by atoms with van der Waals surface area (Å²) in [5.41, 5.74) is 16.3. The largest absolute Gasteiger partial charge is 0.497 e. The molecule has 2 fully saturated rings. The molecule has 0 radical (unpaired) electrons. The van der Waals surface area contributed by atoms with Crippen LogP contribution in [0.1, 0.15) is 114 Å². The van der Waals surface area contributed by atoms with Gasteiger partial charge in [-0.3, -0.25) is 0 Å². The summed E-state index contributed by atoms with van der Waals surface area (Å²) >= 11 is 0. The number of hydrogen-bond donors (Lipinski definition) is 2. The molecule has 0 heterocycles. The van der Waals surface area contributed by atoms with Crippen molar-refractivity contribution in [3.05, 3.63) is 94.1 Å². The van der Waals surface area contributed by atoms with Crippen LogP contribution in [0.2, 0.25) is 0 Å². The second-order valence-electron chi connectivity index (χ2n) is 17.1. The van der Waals surface area contributed by atoms with E-state index in [1.807, 2.05) is 0 Å². The molecule has 2 aromatic rings. The molecule has 6 aliphatic rings. The second kappa shape index (κ2) is 14.1. The summed E-state index contributed by atoms with van der Waals surface area (Å²) in [6, 6.07) is 13.1. The summed E-state index contributed by atoms with van der Waals surface area (Å²) < 4.78 is 10.8. The van der Waals surface area contributed by atoms with Crippen LogP contribution in [0, 0.1) is 34.5 Å². The Kier molecular flexibility index (Phi) is 9.82. The summed E-state index contributed by atoms with van der Waals surface area (Å²) in [5, 5.41) is 27.0. The smallest absolute Gasteiger partial charge is 0.119 e. The van der Waals surface area contributed by atoms with Gasteiger partial charge in [0, 0.05) is 10.8 Å². The van der Waals surface area contributed by atoms with E-state index < -0.39 is 0 Å². The van der Waals surface area contributed by atoms with Crippen molar-refractivity contribution >= 4 is 22.6 Å². The van der Waals surface area contributed by atoms with Crippen LogP contribution in [-0.4, -0.2) is 36.1 Å². The summed E-state index contributed by atoms with van der Waals surface area (Å²) in [6.45, 7) is 17.3. The molecule has 0 amide bonds. The number of hydrogen-bond acceptors (Lipinski definition) is 6. The first kappa shape index (κ1) is 36.3. The third kappa shape index (κ3) is 6.04. The van der Waals surface area contributed by atoms with E-state index in [-0.39, 0.29) is 10.8 Å². The van der Waals surface area contributed by atoms with Crippen LogP contribution in [0.15, 0.2) is 82.2 Å². The Labute approximate surface area is 311 Å². The zero-order chi connectivity index (χ0) is 36.9. The maximum absolute atomic E-state index is 9.73. The van der Waals surface area contributed by atoms with Gasteiger partial charge in [-0.1, -0.05) is 71.7 Å². The van der Waals surface area contributed by atoms with Crippen LogP contribution in [0.5, 0.6) is 11.5 Å². The summed E-state index contributed by atoms with van der Waals surface area (Å²) in [7, 11) is 3.47. The fourth-order valence-corrected chi connectivity index (χ4v) is 11.1. The number of benzene rings is 2. The second-order valence-corrected chi connectivity index (χ2v) is 17.1. The van der Waals surface area contributed by atoms with E-state index in [0.717, 1.165) is 100.0 Å². The van der Waals surface area contributed by atoms with E-state index in [1.54, 1.807) is 25.4 Å². The lowest BCUT2D eigenvalue weighted by molar-refractivity contribution is 0.200. The van der Waals surface area contributed by atoms with E-state index >= 15 is 0 Å². The van der Waals surface area contributed by atoms with Crippen LogP contribution in [0.4, 0.5) is 0 Å². The van der Waals surface area contributed by atoms with Crippen LogP contribution in [0.3, 0.4) is 0 Å². The molecule has 6 nitrogen and oxygen atoms in total. The van der Waals surface area contributed by atoms with Gasteiger partial charge in [0.25, 0.3) is 0 Å². The maximum Gasteiger partial charge on any atom is 0.119 e. The van der Waals surface area contributed by atoms with Gasteiger partial charge >= 0.3 is 0 Å². The van der Waals surface area contributed by atoms with Crippen molar-refractivity contribution in [1.82, 2.24) is 0 Å². The lowest BCUT2D eigenvalue weighted by Gasteiger charge is -2.50. The molecule has 2 N–H and O–H groups in total. The van der Waals surface area contributed by atoms with Gasteiger partial charge in [0.15, 0.2) is 0 Å². The Hall–Kier alpha value is -4.06. The highest BCUT2D eigenvalue weighted by atomic mass is 16.5. The van der Waals surface area contributed by atoms with Crippen LogP contribution in [0.25, 0.3) is 11.1 Å². The van der Waals surface area contributed by atoms with Gasteiger partial charge in [-0.2, -0.15) is 0 Å². The fourth-order valence-electron chi connectivity index (χ4n) is 11.1. The van der Waals surface area contributed by atoms with Crippen molar-refractivity contribution < 1.29 is 19.9 Å². The number of rotatable bonds is 4. The zero-order valence-corrected chi connectivity index (χ0v) is 32.3. The van der Waals surface area contributed by atoms with E-state index in [2.05, 4.69) is 87.6 Å². The predicted octanol–water partition coefficient (Wildman–Crippen LogP) is 11.3. The number of fused-ring (bicyclic) bond motifs is 8. The van der Waals surface area contributed by atoms with Gasteiger partial charge in [-0.15, -0.1) is 0 Å². The van der Waals surface area contributed by atoms with Crippen molar-refractivity contribution in [3.63, 3.8) is 0 Å². The Morgan fingerprint density at radius 2 is 1.06 bits per heavy atom. The highest BCUT2D eigenvalue weighted by molar-refractivity contribution is 5.94. The van der Waals surface area contributed by atoms with Gasteiger partial charge in [-0.25, -0.2) is 0 Å². The molecule has 0 spiro atoms. The monoisotopic (exact) mass is 702 g/mol. The lowest BCUT2D eigenvalue weighted by atomic mass is 9.53. The Bertz CT molecular complexity index is 1780. The van der Waals surface area contributed by atoms with E-state index in [1.165, 1.54) is 44.5 Å². The van der Waals surface area contributed by atoms with Crippen molar-refractivity contribution in [3.8, 4) is 11.5 Å². The van der Waals surface area contributed by atoms with Crippen LogP contribution < -0.4 is 9.47 Å². The molecule has 2 saturated carbocycles. The first-order valence-electron chi connectivity index (χ1n) is 19.5. The highest BCUT2D eigenvalue weighted by Crippen LogP contribution is 2.59. The number of nitrogens with zero attached hydrogens (tertiary/aromatic N) is 2. The minimum atomic E-state index is -0.0104. The Morgan fingerprint density at radius 1 is 0.654 bits per heavy atom. The van der Waals surface area contributed by atoms with Crippen molar-refractivity contribution in [2.24, 2.45) is 44.8 Å². The average molecular weight is 703 g/mol. The molecule has 6 heteroatoms. The number of oxime groups is 2. The molecule has 6 aliphatic carbocycles. The molecule has 2 aromatic carbocycles. The van der Waals surface area contributed by atoms with E-state index in [4.69, 9.17) is 9.47 Å². The molecule has 276 valence electrons. The highest BCUT2D eigenvalue weighted by Gasteiger charge is 2.51. The van der Waals surface area contributed by atoms with Gasteiger partial charge in [-0.05, 0) is 172 Å². The topological polar surface area (TPSA) is 83.6 Å². The third-order valence-corrected chi connectivity index (χ3v) is 14.4. The first-order valence-corrected chi connectivity index (χ1v) is 19.5. The number of methoxy groups -OCH3 is 2. The lowest BCUT2D eigenvalue weighted by Crippen LogP contribution is -2.46. The van der Waals surface area contributed by atoms with Gasteiger partial charge in [0.1, 0.15) is 11.5 Å². The quantitative estimate of drug-likeness (QED) is 0.189. The first-order chi connectivity index (χ1) is 24.9. The van der Waals surface area contributed by atoms with Crippen molar-refractivity contribution in [1.29, 1.82) is 0 Å². The summed E-state index contributed by atoms with van der Waals surface area (Å²) in [4.78, 5) is 0. The standard InChI is InChI=1S/2C23H29NO2/c2*1-14(2)16-12-21-20-7-5-15-11-17(26-4)6-8-18(15)19(20)9-10-23(21,3)22(13-16)24-25/h2*6,8,11,16,21,25H,1,5,7,9-10,12-13H2,2-4H3/b2*24-22+/t2*16-,21+,23-/m11/s1. The van der Waals surface area contributed by atoms with Gasteiger partial charge < -0.3 is 19.9 Å². The van der Waals surface area contributed by atoms with Gasteiger partial charge in [0.2, 0.25) is 0 Å². The van der Waals surface area contributed by atoms with Crippen LogP contribution in [-0.2, 0) is 12.8 Å². The molecule has 0 saturated heterocycles. The summed E-state index contributed by atoms with van der Waals surface area (Å²) in [5.74, 6) is 3.66. The molecular formula is C46H58N2O4. The minimum Gasteiger partial charge on any atom is -0.497 e. The predicted molar refractivity (Wildman–Crippen MR) is 212 cm³/mol. The van der Waals surface area contributed by atoms with Gasteiger partial charge in [0.05, 0.1) is 25.6 Å². The molecule has 0 aliphatic heterocycles. The molecule has 52 heavy (non-hydrogen) atoms. The average Bonchev–Trinajstić information content (AvgIpc) is 3.15. The third-order valence-electron chi connectivity index (χ3n) is 14.4. The normalized spacial score (nSPS) is 31.9. The number of allylic oxidation sites excluding steroid dienone is 6. The molecule has 0 unspecified atom stereocenters. The fraction of sp³-hybridized carbons (Fsp3) is 0.522. The SMILES string of the molecule is C=C(C)[C@H]1C/C(=N\O)[C@]2(C)CCC3=C(CCc4cc(OC)ccc43)[C@@H]2C1.C=C(C)[C@H]1C/C(=N\O)[C@]2(C)CCC3=C(CCc4cc(OC)ccc43)[C@@H]2C1. The van der Waals surface area contributed by atoms with Crippen molar-refractivity contribution in [2.75, 3.05) is 14.2 Å². The molecule has 6 atom stereocenters. The van der Waals surface area contributed by atoms with Crippen LogP contribution >= 0.6 is 0 Å². The Morgan fingerprint density at radius 3 is 1.40 bits per heavy atom. The van der Waals surface area contributed by atoms with E-state index in [0.29, 0.717) is 23.7 Å². The minimum absolute atomic E-state index is 0.0104.